The van der Waals surface area contributed by atoms with Crippen molar-refractivity contribution >= 4 is 18.5 Å². The number of nitrogens with two attached hydrogens (primary N) is 1. The summed E-state index contributed by atoms with van der Waals surface area (Å²) in [7, 11) is 0. The summed E-state index contributed by atoms with van der Waals surface area (Å²) in [5.41, 5.74) is 3.30. The van der Waals surface area contributed by atoms with E-state index in [2.05, 4.69) is 31.7 Å². The van der Waals surface area contributed by atoms with Gasteiger partial charge < -0.3 is 0 Å². The molecule has 0 fully saturated rings. The molecule has 0 bridgehead atoms. The van der Waals surface area contributed by atoms with Gasteiger partial charge >= 0.3 is 0 Å². The molecule has 0 atom stereocenters. The summed E-state index contributed by atoms with van der Waals surface area (Å²) in [5, 5.41) is 0. The van der Waals surface area contributed by atoms with Crippen LogP contribution < -0.4 is 11.3 Å². The molecule has 0 saturated carbocycles. The first-order valence-electron chi connectivity index (χ1n) is 4.32. The van der Waals surface area contributed by atoms with Crippen molar-refractivity contribution in [2.45, 2.75) is 13.3 Å². The zero-order valence-electron chi connectivity index (χ0n) is 8.23. The third kappa shape index (κ3) is 7.64. The van der Waals surface area contributed by atoms with Gasteiger partial charge in [-0.3, -0.25) is 10.2 Å². The van der Waals surface area contributed by atoms with Crippen molar-refractivity contribution in [1.82, 2.24) is 5.43 Å². The molecule has 1 amide bonds. The van der Waals surface area contributed by atoms with Gasteiger partial charge in [0.05, 0.1) is 0 Å². The van der Waals surface area contributed by atoms with E-state index in [0.717, 1.165) is 0 Å². The average Bonchev–Trinajstić information content (AvgIpc) is 2.20. The molecular formula is C10H16N2OS. The van der Waals surface area contributed by atoms with Crippen molar-refractivity contribution in [2.24, 2.45) is 5.84 Å². The second-order valence-electron chi connectivity index (χ2n) is 2.70. The first-order chi connectivity index (χ1) is 6.70. The molecule has 0 aliphatic heterocycles. The molecule has 14 heavy (non-hydrogen) atoms. The highest BCUT2D eigenvalue weighted by Gasteiger charge is 1.90. The Morgan fingerprint density at radius 3 is 2.21 bits per heavy atom. The lowest BCUT2D eigenvalue weighted by molar-refractivity contribution is -0.120. The minimum Gasteiger partial charge on any atom is -0.294 e. The number of thiol groups is 1. The molecule has 78 valence electrons. The molecule has 1 aromatic rings. The Kier molecular flexibility index (Phi) is 7.98. The number of hydrazine groups is 1. The van der Waals surface area contributed by atoms with Gasteiger partial charge in [0.1, 0.15) is 0 Å². The van der Waals surface area contributed by atoms with E-state index < -0.39 is 0 Å². The summed E-state index contributed by atoms with van der Waals surface area (Å²) >= 11 is 3.80. The van der Waals surface area contributed by atoms with Crippen LogP contribution >= 0.6 is 12.6 Å². The van der Waals surface area contributed by atoms with Crippen LogP contribution in [-0.4, -0.2) is 11.7 Å². The SMILES string of the molecule is Cc1ccccc1.NNC(=O)CCS. The van der Waals surface area contributed by atoms with E-state index in [9.17, 15) is 4.79 Å². The van der Waals surface area contributed by atoms with E-state index in [1.165, 1.54) is 5.56 Å². The van der Waals surface area contributed by atoms with Crippen molar-refractivity contribution in [3.05, 3.63) is 35.9 Å². The van der Waals surface area contributed by atoms with Crippen LogP contribution in [0.4, 0.5) is 0 Å². The van der Waals surface area contributed by atoms with Crippen LogP contribution in [0.15, 0.2) is 30.3 Å². The smallest absolute Gasteiger partial charge is 0.234 e. The monoisotopic (exact) mass is 212 g/mol. The predicted molar refractivity (Wildman–Crippen MR) is 62.0 cm³/mol. The molecule has 3 N–H and O–H groups in total. The highest BCUT2D eigenvalue weighted by molar-refractivity contribution is 7.80. The molecule has 0 aliphatic rings. The molecule has 3 nitrogen and oxygen atoms in total. The van der Waals surface area contributed by atoms with Crippen molar-refractivity contribution in [1.29, 1.82) is 0 Å². The molecular weight excluding hydrogens is 196 g/mol. The Bertz CT molecular complexity index is 252. The van der Waals surface area contributed by atoms with Gasteiger partial charge in [0.25, 0.3) is 0 Å². The fourth-order valence-corrected chi connectivity index (χ4v) is 0.911. The van der Waals surface area contributed by atoms with E-state index in [1.54, 1.807) is 0 Å². The lowest BCUT2D eigenvalue weighted by Crippen LogP contribution is -2.29. The maximum atomic E-state index is 10.1. The fourth-order valence-electron chi connectivity index (χ4n) is 0.708. The molecule has 0 aromatic heterocycles. The van der Waals surface area contributed by atoms with Crippen LogP contribution in [0.25, 0.3) is 0 Å². The largest absolute Gasteiger partial charge is 0.294 e. The summed E-state index contributed by atoms with van der Waals surface area (Å²) < 4.78 is 0. The van der Waals surface area contributed by atoms with Crippen LogP contribution in [0.1, 0.15) is 12.0 Å². The quantitative estimate of drug-likeness (QED) is 0.299. The highest BCUT2D eigenvalue weighted by Crippen LogP contribution is 1.92. The fraction of sp³-hybridized carbons (Fsp3) is 0.300. The average molecular weight is 212 g/mol. The van der Waals surface area contributed by atoms with E-state index in [0.29, 0.717) is 12.2 Å². The summed E-state index contributed by atoms with van der Waals surface area (Å²) in [6, 6.07) is 10.3. The first-order valence-corrected chi connectivity index (χ1v) is 4.96. The van der Waals surface area contributed by atoms with Crippen molar-refractivity contribution < 1.29 is 4.79 Å². The van der Waals surface area contributed by atoms with Crippen LogP contribution in [0.5, 0.6) is 0 Å². The van der Waals surface area contributed by atoms with E-state index in [1.807, 2.05) is 23.6 Å². The summed E-state index contributed by atoms with van der Waals surface area (Å²) in [5.74, 6) is 5.10. The van der Waals surface area contributed by atoms with E-state index in [4.69, 9.17) is 5.84 Å². The van der Waals surface area contributed by atoms with Crippen molar-refractivity contribution in [3.8, 4) is 0 Å². The molecule has 1 rings (SSSR count). The number of carbonyl (C=O) groups excluding carboxylic acids is 1. The second-order valence-corrected chi connectivity index (χ2v) is 3.14. The minimum atomic E-state index is -0.171. The summed E-state index contributed by atoms with van der Waals surface area (Å²) in [6.07, 6.45) is 0.389. The van der Waals surface area contributed by atoms with Gasteiger partial charge in [-0.1, -0.05) is 35.9 Å². The zero-order valence-corrected chi connectivity index (χ0v) is 9.13. The van der Waals surface area contributed by atoms with E-state index >= 15 is 0 Å². The molecule has 0 spiro atoms. The molecule has 1 aromatic carbocycles. The van der Waals surface area contributed by atoms with Crippen LogP contribution in [0.3, 0.4) is 0 Å². The maximum Gasteiger partial charge on any atom is 0.234 e. The third-order valence-corrected chi connectivity index (χ3v) is 1.66. The number of aryl methyl sites for hydroxylation is 1. The van der Waals surface area contributed by atoms with Gasteiger partial charge in [0.2, 0.25) is 5.91 Å². The maximum absolute atomic E-state index is 10.1. The van der Waals surface area contributed by atoms with Crippen molar-refractivity contribution in [2.75, 3.05) is 5.75 Å². The van der Waals surface area contributed by atoms with Gasteiger partial charge in [0, 0.05) is 6.42 Å². The number of nitrogens with one attached hydrogen (secondary N) is 1. The van der Waals surface area contributed by atoms with Gasteiger partial charge in [-0.05, 0) is 12.7 Å². The molecule has 4 heteroatoms. The number of carbonyl (C=O) groups is 1. The summed E-state index contributed by atoms with van der Waals surface area (Å²) in [4.78, 5) is 10.1. The van der Waals surface area contributed by atoms with Gasteiger partial charge in [-0.2, -0.15) is 12.6 Å². The van der Waals surface area contributed by atoms with Gasteiger partial charge in [-0.15, -0.1) is 0 Å². The number of hydrogen-bond donors (Lipinski definition) is 3. The van der Waals surface area contributed by atoms with Crippen molar-refractivity contribution in [3.63, 3.8) is 0 Å². The number of hydrogen-bond acceptors (Lipinski definition) is 3. The third-order valence-electron chi connectivity index (χ3n) is 1.44. The Morgan fingerprint density at radius 1 is 1.43 bits per heavy atom. The van der Waals surface area contributed by atoms with Gasteiger partial charge in [0.15, 0.2) is 0 Å². The minimum absolute atomic E-state index is 0.171. The van der Waals surface area contributed by atoms with Gasteiger partial charge in [-0.25, -0.2) is 5.84 Å². The predicted octanol–water partition coefficient (Wildman–Crippen LogP) is 1.29. The molecule has 0 saturated heterocycles. The molecule has 0 aliphatic carbocycles. The van der Waals surface area contributed by atoms with Crippen LogP contribution in [0.2, 0.25) is 0 Å². The zero-order chi connectivity index (χ0) is 10.8. The number of benzene rings is 1. The Hall–Kier alpha value is -1.000. The topological polar surface area (TPSA) is 55.1 Å². The highest BCUT2D eigenvalue weighted by atomic mass is 32.1. The van der Waals surface area contributed by atoms with E-state index in [-0.39, 0.29) is 5.91 Å². The Labute approximate surface area is 90.1 Å². The summed E-state index contributed by atoms with van der Waals surface area (Å²) in [6.45, 7) is 2.08. The lowest BCUT2D eigenvalue weighted by atomic mass is 10.2. The molecule has 0 unspecified atom stereocenters. The Balaban J connectivity index is 0.000000241. The molecule has 0 radical (unpaired) electrons. The first kappa shape index (κ1) is 13.0. The van der Waals surface area contributed by atoms with Crippen LogP contribution in [0, 0.1) is 6.92 Å². The normalized spacial score (nSPS) is 8.50. The standard InChI is InChI=1S/C7H8.C3H8N2OS/c1-7-5-3-2-4-6-7;4-5-3(6)1-2-7/h2-6H,1H3;7H,1-2,4H2,(H,5,6). The Morgan fingerprint density at radius 2 is 2.00 bits per heavy atom. The number of amides is 1. The number of rotatable bonds is 2. The lowest BCUT2D eigenvalue weighted by Gasteiger charge is -1.90. The molecule has 0 heterocycles. The second kappa shape index (κ2) is 8.59. The van der Waals surface area contributed by atoms with Crippen LogP contribution in [-0.2, 0) is 4.79 Å².